The van der Waals surface area contributed by atoms with E-state index in [1.807, 2.05) is 18.2 Å². The molecule has 2 N–H and O–H groups in total. The van der Waals surface area contributed by atoms with Crippen LogP contribution in [0.15, 0.2) is 36.4 Å². The first-order chi connectivity index (χ1) is 8.15. The highest BCUT2D eigenvalue weighted by Gasteiger charge is 2.09. The largest absolute Gasteiger partial charge is 0.327 e. The molecule has 1 heterocycles. The highest BCUT2D eigenvalue weighted by molar-refractivity contribution is 7.16. The molecule has 2 aromatic rings. The van der Waals surface area contributed by atoms with E-state index in [-0.39, 0.29) is 11.9 Å². The Kier molecular flexibility index (Phi) is 4.15. The second-order valence-corrected chi connectivity index (χ2v) is 5.77. The molecule has 4 heteroatoms. The topological polar surface area (TPSA) is 26.0 Å². The highest BCUT2D eigenvalue weighted by Crippen LogP contribution is 2.23. The summed E-state index contributed by atoms with van der Waals surface area (Å²) < 4.78 is 14.2. The maximum atomic E-state index is 13.4. The monoisotopic (exact) mass is 269 g/mol. The van der Waals surface area contributed by atoms with Gasteiger partial charge in [0.2, 0.25) is 0 Å². The molecule has 0 aliphatic rings. The lowest BCUT2D eigenvalue weighted by Gasteiger charge is -2.10. The molecule has 0 aliphatic carbocycles. The molecule has 2 rings (SSSR count). The Hall–Kier alpha value is -0.900. The first-order valence-corrected chi connectivity index (χ1v) is 6.58. The van der Waals surface area contributed by atoms with Crippen molar-refractivity contribution in [2.24, 2.45) is 5.73 Å². The Bertz CT molecular complexity index is 498. The molecule has 1 nitrogen and oxygen atoms in total. The van der Waals surface area contributed by atoms with Gasteiger partial charge in [-0.25, -0.2) is 4.39 Å². The first-order valence-electron chi connectivity index (χ1n) is 5.38. The number of benzene rings is 1. The zero-order valence-corrected chi connectivity index (χ0v) is 10.8. The quantitative estimate of drug-likeness (QED) is 0.901. The number of hydrogen-bond acceptors (Lipinski definition) is 2. The zero-order valence-electron chi connectivity index (χ0n) is 9.20. The van der Waals surface area contributed by atoms with Crippen LogP contribution < -0.4 is 5.73 Å². The smallest absolute Gasteiger partial charge is 0.126 e. The minimum Gasteiger partial charge on any atom is -0.327 e. The Labute approximate surface area is 109 Å². The Morgan fingerprint density at radius 1 is 1.18 bits per heavy atom. The van der Waals surface area contributed by atoms with Gasteiger partial charge in [-0.15, -0.1) is 11.3 Å². The summed E-state index contributed by atoms with van der Waals surface area (Å²) in [6.07, 6.45) is 1.27. The molecule has 0 fully saturated rings. The van der Waals surface area contributed by atoms with Gasteiger partial charge in [0.05, 0.1) is 4.34 Å². The first kappa shape index (κ1) is 12.6. The van der Waals surface area contributed by atoms with Crippen molar-refractivity contribution in [2.45, 2.75) is 18.9 Å². The van der Waals surface area contributed by atoms with Gasteiger partial charge >= 0.3 is 0 Å². The van der Waals surface area contributed by atoms with Crippen molar-refractivity contribution in [2.75, 3.05) is 0 Å². The predicted molar refractivity (Wildman–Crippen MR) is 71.1 cm³/mol. The van der Waals surface area contributed by atoms with Gasteiger partial charge in [0.15, 0.2) is 0 Å². The summed E-state index contributed by atoms with van der Waals surface area (Å²) in [6.45, 7) is 0. The van der Waals surface area contributed by atoms with Gasteiger partial charge in [-0.3, -0.25) is 0 Å². The third-order valence-corrected chi connectivity index (χ3v) is 3.79. The molecule has 0 saturated heterocycles. The van der Waals surface area contributed by atoms with Gasteiger partial charge in [0, 0.05) is 10.9 Å². The average molecular weight is 270 g/mol. The molecule has 0 radical (unpaired) electrons. The lowest BCUT2D eigenvalue weighted by atomic mass is 10.0. The van der Waals surface area contributed by atoms with Crippen LogP contribution >= 0.6 is 22.9 Å². The Morgan fingerprint density at radius 3 is 2.59 bits per heavy atom. The van der Waals surface area contributed by atoms with Gasteiger partial charge < -0.3 is 5.73 Å². The highest BCUT2D eigenvalue weighted by atomic mass is 35.5. The van der Waals surface area contributed by atoms with Gasteiger partial charge in [-0.2, -0.15) is 0 Å². The third kappa shape index (κ3) is 3.53. The van der Waals surface area contributed by atoms with E-state index in [0.29, 0.717) is 12.0 Å². The lowest BCUT2D eigenvalue weighted by molar-refractivity contribution is 0.585. The molecule has 0 saturated carbocycles. The van der Waals surface area contributed by atoms with Crippen LogP contribution in [-0.2, 0) is 12.8 Å². The number of halogens is 2. The van der Waals surface area contributed by atoms with E-state index in [1.54, 1.807) is 12.1 Å². The van der Waals surface area contributed by atoms with Crippen molar-refractivity contribution in [1.82, 2.24) is 0 Å². The van der Waals surface area contributed by atoms with E-state index in [2.05, 4.69) is 0 Å². The second-order valence-electron chi connectivity index (χ2n) is 3.97. The summed E-state index contributed by atoms with van der Waals surface area (Å²) in [4.78, 5) is 1.14. The minimum atomic E-state index is -0.188. The van der Waals surface area contributed by atoms with Crippen molar-refractivity contribution in [1.29, 1.82) is 0 Å². The molecule has 0 aliphatic heterocycles. The van der Waals surface area contributed by atoms with Crippen LogP contribution in [0, 0.1) is 5.82 Å². The standard InChI is InChI=1S/C13H13ClFNS/c14-13-6-5-11(17-13)8-10(16)7-9-3-1-2-4-12(9)15/h1-6,10H,7-8,16H2. The predicted octanol–water partition coefficient (Wildman–Crippen LogP) is 3.65. The summed E-state index contributed by atoms with van der Waals surface area (Å²) in [6, 6.07) is 10.5. The van der Waals surface area contributed by atoms with Crippen LogP contribution in [0.3, 0.4) is 0 Å². The fourth-order valence-corrected chi connectivity index (χ4v) is 2.92. The molecule has 1 unspecified atom stereocenters. The van der Waals surface area contributed by atoms with E-state index in [9.17, 15) is 4.39 Å². The van der Waals surface area contributed by atoms with Crippen LogP contribution in [0.25, 0.3) is 0 Å². The fourth-order valence-electron chi connectivity index (χ4n) is 1.74. The molecule has 0 bridgehead atoms. The summed E-state index contributed by atoms with van der Waals surface area (Å²) in [5.41, 5.74) is 6.68. The van der Waals surface area contributed by atoms with Crippen molar-refractivity contribution < 1.29 is 4.39 Å². The van der Waals surface area contributed by atoms with Crippen molar-refractivity contribution in [3.63, 3.8) is 0 Å². The summed E-state index contributed by atoms with van der Waals surface area (Å²) in [7, 11) is 0. The van der Waals surface area contributed by atoms with E-state index in [0.717, 1.165) is 15.6 Å². The van der Waals surface area contributed by atoms with E-state index < -0.39 is 0 Å². The molecular weight excluding hydrogens is 257 g/mol. The van der Waals surface area contributed by atoms with Crippen molar-refractivity contribution in [3.8, 4) is 0 Å². The van der Waals surface area contributed by atoms with Crippen molar-refractivity contribution >= 4 is 22.9 Å². The SMILES string of the molecule is NC(Cc1ccc(Cl)s1)Cc1ccccc1F. The molecule has 1 aromatic heterocycles. The molecule has 17 heavy (non-hydrogen) atoms. The Morgan fingerprint density at radius 2 is 1.94 bits per heavy atom. The van der Waals surface area contributed by atoms with Gasteiger partial charge in [-0.05, 0) is 36.6 Å². The van der Waals surface area contributed by atoms with E-state index in [4.69, 9.17) is 17.3 Å². The van der Waals surface area contributed by atoms with Gasteiger partial charge in [-0.1, -0.05) is 29.8 Å². The molecule has 90 valence electrons. The summed E-state index contributed by atoms with van der Waals surface area (Å²) in [5, 5.41) is 0. The summed E-state index contributed by atoms with van der Waals surface area (Å²) in [5.74, 6) is -0.188. The molecule has 1 atom stereocenters. The lowest BCUT2D eigenvalue weighted by Crippen LogP contribution is -2.25. The second kappa shape index (κ2) is 5.63. The van der Waals surface area contributed by atoms with Crippen LogP contribution in [0.5, 0.6) is 0 Å². The molecular formula is C13H13ClFNS. The molecule has 0 spiro atoms. The number of nitrogens with two attached hydrogens (primary N) is 1. The molecule has 1 aromatic carbocycles. The van der Waals surface area contributed by atoms with Crippen LogP contribution in [-0.4, -0.2) is 6.04 Å². The number of rotatable bonds is 4. The fraction of sp³-hybridized carbons (Fsp3) is 0.231. The van der Waals surface area contributed by atoms with E-state index in [1.165, 1.54) is 17.4 Å². The van der Waals surface area contributed by atoms with Crippen LogP contribution in [0.4, 0.5) is 4.39 Å². The maximum absolute atomic E-state index is 13.4. The zero-order chi connectivity index (χ0) is 12.3. The maximum Gasteiger partial charge on any atom is 0.126 e. The van der Waals surface area contributed by atoms with Crippen LogP contribution in [0.2, 0.25) is 4.34 Å². The molecule has 0 amide bonds. The third-order valence-electron chi connectivity index (χ3n) is 2.53. The normalized spacial score (nSPS) is 12.6. The minimum absolute atomic E-state index is 0.0818. The van der Waals surface area contributed by atoms with Crippen molar-refractivity contribution in [3.05, 3.63) is 57.0 Å². The van der Waals surface area contributed by atoms with Gasteiger partial charge in [0.25, 0.3) is 0 Å². The average Bonchev–Trinajstić information content (AvgIpc) is 2.67. The number of hydrogen-bond donors (Lipinski definition) is 1. The number of thiophene rings is 1. The van der Waals surface area contributed by atoms with Gasteiger partial charge in [0.1, 0.15) is 5.82 Å². The van der Waals surface area contributed by atoms with E-state index >= 15 is 0 Å². The summed E-state index contributed by atoms with van der Waals surface area (Å²) >= 11 is 7.37. The Balaban J connectivity index is 1.98. The van der Waals surface area contributed by atoms with Crippen LogP contribution in [0.1, 0.15) is 10.4 Å².